The Balaban J connectivity index is 1.88. The van der Waals surface area contributed by atoms with Gasteiger partial charge in [0.1, 0.15) is 17.2 Å². The fourth-order valence-electron chi connectivity index (χ4n) is 2.93. The molecule has 0 heterocycles. The van der Waals surface area contributed by atoms with Gasteiger partial charge in [-0.25, -0.2) is 13.6 Å². The Kier molecular flexibility index (Phi) is 5.69. The maximum absolute atomic E-state index is 13.5. The average molecular weight is 325 g/mol. The quantitative estimate of drug-likeness (QED) is 0.866. The van der Waals surface area contributed by atoms with Crippen LogP contribution in [0.1, 0.15) is 43.5 Å². The standard InChI is InChI=1S/C17H21F2NO3/c1-10-5-3-8-14(11(10)2)20-15(21)9-23-17(22)16-12(18)6-4-7-13(16)19/h4,6-7,10-11,14H,3,5,8-9H2,1-2H3,(H,20,21)/t10-,11-,14+/m1/s1. The first kappa shape index (κ1) is 17.4. The molecule has 126 valence electrons. The van der Waals surface area contributed by atoms with Crippen LogP contribution in [-0.2, 0) is 9.53 Å². The first-order chi connectivity index (χ1) is 10.9. The maximum atomic E-state index is 13.5. The van der Waals surface area contributed by atoms with Crippen LogP contribution in [0.25, 0.3) is 0 Å². The molecule has 0 aromatic heterocycles. The van der Waals surface area contributed by atoms with E-state index >= 15 is 0 Å². The summed E-state index contributed by atoms with van der Waals surface area (Å²) in [6.45, 7) is 3.67. The van der Waals surface area contributed by atoms with Crippen molar-refractivity contribution in [2.24, 2.45) is 11.8 Å². The van der Waals surface area contributed by atoms with Gasteiger partial charge in [-0.2, -0.15) is 0 Å². The van der Waals surface area contributed by atoms with Gasteiger partial charge in [0, 0.05) is 6.04 Å². The van der Waals surface area contributed by atoms with Crippen LogP contribution < -0.4 is 5.32 Å². The molecule has 1 aromatic rings. The maximum Gasteiger partial charge on any atom is 0.344 e. The van der Waals surface area contributed by atoms with Crippen LogP contribution in [0.2, 0.25) is 0 Å². The molecule has 0 radical (unpaired) electrons. The van der Waals surface area contributed by atoms with Gasteiger partial charge >= 0.3 is 5.97 Å². The van der Waals surface area contributed by atoms with Crippen LogP contribution in [0, 0.1) is 23.5 Å². The summed E-state index contributed by atoms with van der Waals surface area (Å²) in [4.78, 5) is 23.6. The molecule has 1 aliphatic carbocycles. The van der Waals surface area contributed by atoms with Gasteiger partial charge < -0.3 is 10.1 Å². The van der Waals surface area contributed by atoms with Gasteiger partial charge in [0.25, 0.3) is 5.91 Å². The van der Waals surface area contributed by atoms with Gasteiger partial charge in [-0.05, 0) is 30.4 Å². The van der Waals surface area contributed by atoms with Crippen molar-refractivity contribution in [1.82, 2.24) is 5.32 Å². The summed E-state index contributed by atoms with van der Waals surface area (Å²) in [6, 6.07) is 3.12. The van der Waals surface area contributed by atoms with Crippen molar-refractivity contribution in [3.63, 3.8) is 0 Å². The van der Waals surface area contributed by atoms with Crippen LogP contribution in [0.5, 0.6) is 0 Å². The summed E-state index contributed by atoms with van der Waals surface area (Å²) >= 11 is 0. The van der Waals surface area contributed by atoms with E-state index in [1.54, 1.807) is 0 Å². The summed E-state index contributed by atoms with van der Waals surface area (Å²) in [5.74, 6) is -2.80. The smallest absolute Gasteiger partial charge is 0.344 e. The lowest BCUT2D eigenvalue weighted by Crippen LogP contribution is -2.45. The van der Waals surface area contributed by atoms with Gasteiger partial charge in [0.15, 0.2) is 6.61 Å². The predicted molar refractivity (Wildman–Crippen MR) is 80.8 cm³/mol. The second kappa shape index (κ2) is 7.53. The Morgan fingerprint density at radius 3 is 2.52 bits per heavy atom. The molecule has 1 N–H and O–H groups in total. The van der Waals surface area contributed by atoms with Gasteiger partial charge in [0.2, 0.25) is 0 Å². The number of nitrogens with one attached hydrogen (secondary N) is 1. The van der Waals surface area contributed by atoms with Crippen molar-refractivity contribution in [1.29, 1.82) is 0 Å². The molecule has 3 atom stereocenters. The second-order valence-electron chi connectivity index (χ2n) is 6.11. The summed E-state index contributed by atoms with van der Waals surface area (Å²) in [7, 11) is 0. The van der Waals surface area contributed by atoms with E-state index in [-0.39, 0.29) is 6.04 Å². The normalized spacial score (nSPS) is 24.1. The molecule has 1 aliphatic rings. The number of esters is 1. The van der Waals surface area contributed by atoms with E-state index in [0.717, 1.165) is 37.5 Å². The Labute approximate surface area is 134 Å². The fraction of sp³-hybridized carbons (Fsp3) is 0.529. The third kappa shape index (κ3) is 4.27. The number of carbonyl (C=O) groups is 2. The van der Waals surface area contributed by atoms with E-state index in [1.165, 1.54) is 0 Å². The molecule has 6 heteroatoms. The zero-order chi connectivity index (χ0) is 17.0. The van der Waals surface area contributed by atoms with Crippen LogP contribution in [0.4, 0.5) is 8.78 Å². The summed E-state index contributed by atoms with van der Waals surface area (Å²) in [5, 5.41) is 2.83. The lowest BCUT2D eigenvalue weighted by molar-refractivity contribution is -0.125. The Hall–Kier alpha value is -1.98. The molecular weight excluding hydrogens is 304 g/mol. The van der Waals surface area contributed by atoms with Gasteiger partial charge in [-0.3, -0.25) is 4.79 Å². The van der Waals surface area contributed by atoms with E-state index in [1.807, 2.05) is 0 Å². The molecule has 2 rings (SSSR count). The minimum absolute atomic E-state index is 0.0372. The minimum atomic E-state index is -1.18. The zero-order valence-electron chi connectivity index (χ0n) is 13.3. The van der Waals surface area contributed by atoms with E-state index in [9.17, 15) is 18.4 Å². The molecular formula is C17H21F2NO3. The second-order valence-corrected chi connectivity index (χ2v) is 6.11. The van der Waals surface area contributed by atoms with Crippen molar-refractivity contribution < 1.29 is 23.1 Å². The largest absolute Gasteiger partial charge is 0.452 e. The molecule has 4 nitrogen and oxygen atoms in total. The Bertz CT molecular complexity index is 571. The van der Waals surface area contributed by atoms with E-state index in [0.29, 0.717) is 11.8 Å². The zero-order valence-corrected chi connectivity index (χ0v) is 13.3. The molecule has 0 bridgehead atoms. The van der Waals surface area contributed by atoms with Crippen molar-refractivity contribution >= 4 is 11.9 Å². The fourth-order valence-corrected chi connectivity index (χ4v) is 2.93. The first-order valence-electron chi connectivity index (χ1n) is 7.80. The highest BCUT2D eigenvalue weighted by molar-refractivity contribution is 5.91. The first-order valence-corrected chi connectivity index (χ1v) is 7.80. The van der Waals surface area contributed by atoms with Crippen molar-refractivity contribution in [3.8, 4) is 0 Å². The predicted octanol–water partition coefficient (Wildman–Crippen LogP) is 3.06. The number of halogens is 2. The Morgan fingerprint density at radius 1 is 1.22 bits per heavy atom. The number of rotatable bonds is 4. The van der Waals surface area contributed by atoms with Crippen LogP contribution in [0.15, 0.2) is 18.2 Å². The number of carbonyl (C=O) groups excluding carboxylic acids is 2. The lowest BCUT2D eigenvalue weighted by Gasteiger charge is -2.34. The minimum Gasteiger partial charge on any atom is -0.452 e. The highest BCUT2D eigenvalue weighted by atomic mass is 19.1. The number of benzene rings is 1. The molecule has 23 heavy (non-hydrogen) atoms. The number of hydrogen-bond donors (Lipinski definition) is 1. The SMILES string of the molecule is C[C@@H]1[C@H](C)CCC[C@@H]1NC(=O)COC(=O)c1c(F)cccc1F. The summed E-state index contributed by atoms with van der Waals surface area (Å²) in [5.41, 5.74) is -0.778. The van der Waals surface area contributed by atoms with Gasteiger partial charge in [-0.1, -0.05) is 32.8 Å². The van der Waals surface area contributed by atoms with Crippen molar-refractivity contribution in [2.75, 3.05) is 6.61 Å². The van der Waals surface area contributed by atoms with Crippen LogP contribution in [0.3, 0.4) is 0 Å². The van der Waals surface area contributed by atoms with Crippen LogP contribution in [-0.4, -0.2) is 24.5 Å². The average Bonchev–Trinajstić information content (AvgIpc) is 2.49. The van der Waals surface area contributed by atoms with E-state index < -0.39 is 35.7 Å². The van der Waals surface area contributed by atoms with E-state index in [4.69, 9.17) is 4.74 Å². The number of amides is 1. The Morgan fingerprint density at radius 2 is 1.87 bits per heavy atom. The van der Waals surface area contributed by atoms with Crippen molar-refractivity contribution in [3.05, 3.63) is 35.4 Å². The van der Waals surface area contributed by atoms with Gasteiger partial charge in [0.05, 0.1) is 0 Å². The molecule has 1 fully saturated rings. The highest BCUT2D eigenvalue weighted by Crippen LogP contribution is 2.29. The summed E-state index contributed by atoms with van der Waals surface area (Å²) in [6.07, 6.45) is 3.05. The molecule has 1 aromatic carbocycles. The topological polar surface area (TPSA) is 55.4 Å². The monoisotopic (exact) mass is 325 g/mol. The molecule has 1 amide bonds. The van der Waals surface area contributed by atoms with E-state index in [2.05, 4.69) is 19.2 Å². The molecule has 1 saturated carbocycles. The van der Waals surface area contributed by atoms with Crippen LogP contribution >= 0.6 is 0 Å². The lowest BCUT2D eigenvalue weighted by atomic mass is 9.78. The molecule has 0 unspecified atom stereocenters. The number of hydrogen-bond acceptors (Lipinski definition) is 3. The number of ether oxygens (including phenoxy) is 1. The third-order valence-corrected chi connectivity index (χ3v) is 4.55. The van der Waals surface area contributed by atoms with Crippen molar-refractivity contribution in [2.45, 2.75) is 39.2 Å². The highest BCUT2D eigenvalue weighted by Gasteiger charge is 2.28. The third-order valence-electron chi connectivity index (χ3n) is 4.55. The molecule has 0 aliphatic heterocycles. The van der Waals surface area contributed by atoms with Gasteiger partial charge in [-0.15, -0.1) is 0 Å². The summed E-state index contributed by atoms with van der Waals surface area (Å²) < 4.78 is 31.6. The molecule has 0 saturated heterocycles. The molecule has 0 spiro atoms.